The van der Waals surface area contributed by atoms with E-state index in [0.717, 1.165) is 12.5 Å². The highest BCUT2D eigenvalue weighted by Gasteiger charge is 2.34. The lowest BCUT2D eigenvalue weighted by molar-refractivity contribution is 0.0781. The van der Waals surface area contributed by atoms with E-state index in [-0.39, 0.29) is 5.91 Å². The van der Waals surface area contributed by atoms with Crippen LogP contribution >= 0.6 is 0 Å². The lowest BCUT2D eigenvalue weighted by atomic mass is 10.3. The maximum Gasteiger partial charge on any atom is 0.275 e. The van der Waals surface area contributed by atoms with Gasteiger partial charge in [0.2, 0.25) is 0 Å². The first-order valence-corrected chi connectivity index (χ1v) is 4.79. The first-order valence-electron chi connectivity index (χ1n) is 4.79. The van der Waals surface area contributed by atoms with Gasteiger partial charge in [-0.15, -0.1) is 0 Å². The predicted molar refractivity (Wildman–Crippen MR) is 50.6 cm³/mol. The van der Waals surface area contributed by atoms with Gasteiger partial charge in [0.25, 0.3) is 5.91 Å². The number of hydrogen-bond donors (Lipinski definition) is 1. The van der Waals surface area contributed by atoms with Gasteiger partial charge < -0.3 is 4.90 Å². The quantitative estimate of drug-likeness (QED) is 0.763. The second-order valence-corrected chi connectivity index (χ2v) is 4.01. The maximum absolute atomic E-state index is 11.7. The molecule has 2 atom stereocenters. The summed E-state index contributed by atoms with van der Waals surface area (Å²) in [6.45, 7) is 3.03. The van der Waals surface area contributed by atoms with E-state index >= 15 is 0 Å². The third kappa shape index (κ3) is 1.76. The monoisotopic (exact) mass is 194 g/mol. The summed E-state index contributed by atoms with van der Waals surface area (Å²) >= 11 is 0. The summed E-state index contributed by atoms with van der Waals surface area (Å²) in [6, 6.07) is 0. The van der Waals surface area contributed by atoms with Gasteiger partial charge in [-0.3, -0.25) is 4.79 Å². The van der Waals surface area contributed by atoms with Crippen molar-refractivity contribution in [3.05, 3.63) is 11.9 Å². The fraction of sp³-hybridized carbons (Fsp3) is 0.667. The zero-order valence-electron chi connectivity index (χ0n) is 8.40. The van der Waals surface area contributed by atoms with E-state index in [0.29, 0.717) is 11.6 Å². The Morgan fingerprint density at radius 2 is 2.50 bits per heavy atom. The lowest BCUT2D eigenvalue weighted by Gasteiger charge is -2.14. The zero-order valence-corrected chi connectivity index (χ0v) is 8.40. The van der Waals surface area contributed by atoms with Crippen molar-refractivity contribution in [2.45, 2.75) is 13.3 Å². The number of carbonyl (C=O) groups is 1. The van der Waals surface area contributed by atoms with Crippen molar-refractivity contribution in [2.75, 3.05) is 13.6 Å². The highest BCUT2D eigenvalue weighted by molar-refractivity contribution is 5.91. The molecule has 0 saturated heterocycles. The smallest absolute Gasteiger partial charge is 0.275 e. The Labute approximate surface area is 82.5 Å². The Kier molecular flexibility index (Phi) is 2.23. The molecule has 0 aliphatic heterocycles. The largest absolute Gasteiger partial charge is 0.340 e. The SMILES string of the molecule is CC1CC1CN(C)C(=O)c1cn[nH]n1. The minimum absolute atomic E-state index is 0.0575. The third-order valence-corrected chi connectivity index (χ3v) is 2.77. The molecular weight excluding hydrogens is 180 g/mol. The first kappa shape index (κ1) is 9.18. The van der Waals surface area contributed by atoms with Gasteiger partial charge in [0.05, 0.1) is 6.20 Å². The number of aromatic nitrogens is 3. The van der Waals surface area contributed by atoms with Crippen LogP contribution in [-0.2, 0) is 0 Å². The number of nitrogens with zero attached hydrogens (tertiary/aromatic N) is 3. The van der Waals surface area contributed by atoms with Gasteiger partial charge in [0, 0.05) is 13.6 Å². The van der Waals surface area contributed by atoms with Crippen LogP contribution in [0.4, 0.5) is 0 Å². The molecule has 5 nitrogen and oxygen atoms in total. The fourth-order valence-corrected chi connectivity index (χ4v) is 1.59. The number of H-pyrrole nitrogens is 1. The maximum atomic E-state index is 11.7. The molecule has 0 aromatic carbocycles. The summed E-state index contributed by atoms with van der Waals surface area (Å²) in [6.07, 6.45) is 2.69. The van der Waals surface area contributed by atoms with Crippen molar-refractivity contribution < 1.29 is 4.79 Å². The molecule has 0 spiro atoms. The van der Waals surface area contributed by atoms with E-state index in [1.165, 1.54) is 12.6 Å². The van der Waals surface area contributed by atoms with Crippen molar-refractivity contribution in [3.63, 3.8) is 0 Å². The van der Waals surface area contributed by atoms with Gasteiger partial charge in [0.1, 0.15) is 0 Å². The van der Waals surface area contributed by atoms with Gasteiger partial charge in [-0.1, -0.05) is 6.92 Å². The number of carbonyl (C=O) groups excluding carboxylic acids is 1. The molecule has 1 fully saturated rings. The van der Waals surface area contributed by atoms with Crippen molar-refractivity contribution in [3.8, 4) is 0 Å². The van der Waals surface area contributed by atoms with Gasteiger partial charge in [-0.2, -0.15) is 15.4 Å². The molecule has 1 aliphatic carbocycles. The van der Waals surface area contributed by atoms with E-state index in [1.807, 2.05) is 7.05 Å². The number of hydrogen-bond acceptors (Lipinski definition) is 3. The van der Waals surface area contributed by atoms with Crippen LogP contribution in [0.1, 0.15) is 23.8 Å². The average molecular weight is 194 g/mol. The predicted octanol–water partition coefficient (Wildman–Crippen LogP) is 0.533. The Bertz CT molecular complexity index is 322. The van der Waals surface area contributed by atoms with Crippen LogP contribution in [0.5, 0.6) is 0 Å². The highest BCUT2D eigenvalue weighted by atomic mass is 16.2. The molecule has 0 bridgehead atoms. The second kappa shape index (κ2) is 3.40. The van der Waals surface area contributed by atoms with Crippen LogP contribution in [0.3, 0.4) is 0 Å². The second-order valence-electron chi connectivity index (χ2n) is 4.01. The van der Waals surface area contributed by atoms with Crippen molar-refractivity contribution >= 4 is 5.91 Å². The minimum atomic E-state index is -0.0575. The van der Waals surface area contributed by atoms with Gasteiger partial charge >= 0.3 is 0 Å². The molecule has 1 aliphatic rings. The Balaban J connectivity index is 1.91. The van der Waals surface area contributed by atoms with E-state index < -0.39 is 0 Å². The molecule has 1 heterocycles. The molecule has 1 aromatic heterocycles. The molecule has 14 heavy (non-hydrogen) atoms. The van der Waals surface area contributed by atoms with E-state index in [4.69, 9.17) is 0 Å². The average Bonchev–Trinajstić information content (AvgIpc) is 2.72. The topological polar surface area (TPSA) is 61.9 Å². The Morgan fingerprint density at radius 1 is 1.79 bits per heavy atom. The molecule has 5 heteroatoms. The van der Waals surface area contributed by atoms with Gasteiger partial charge in [0.15, 0.2) is 5.69 Å². The van der Waals surface area contributed by atoms with Gasteiger partial charge in [-0.05, 0) is 18.3 Å². The molecule has 2 rings (SSSR count). The molecule has 1 N–H and O–H groups in total. The molecular formula is C9H14N4O. The molecule has 1 amide bonds. The molecule has 0 radical (unpaired) electrons. The van der Waals surface area contributed by atoms with E-state index in [2.05, 4.69) is 22.3 Å². The van der Waals surface area contributed by atoms with E-state index in [9.17, 15) is 4.79 Å². The summed E-state index contributed by atoms with van der Waals surface area (Å²) in [5, 5.41) is 9.80. The van der Waals surface area contributed by atoms with Crippen LogP contribution in [-0.4, -0.2) is 39.8 Å². The fourth-order valence-electron chi connectivity index (χ4n) is 1.59. The molecule has 76 valence electrons. The van der Waals surface area contributed by atoms with Crippen molar-refractivity contribution in [1.29, 1.82) is 0 Å². The highest BCUT2D eigenvalue weighted by Crippen LogP contribution is 2.38. The minimum Gasteiger partial charge on any atom is -0.340 e. The number of rotatable bonds is 3. The lowest BCUT2D eigenvalue weighted by Crippen LogP contribution is -2.29. The number of amides is 1. The standard InChI is InChI=1S/C9H14N4O/c1-6-3-7(6)5-13(2)9(14)8-4-10-12-11-8/h4,6-7H,3,5H2,1-2H3,(H,10,11,12). The van der Waals surface area contributed by atoms with Crippen LogP contribution in [0, 0.1) is 11.8 Å². The van der Waals surface area contributed by atoms with Gasteiger partial charge in [-0.25, -0.2) is 0 Å². The van der Waals surface area contributed by atoms with Crippen molar-refractivity contribution in [2.24, 2.45) is 11.8 Å². The van der Waals surface area contributed by atoms with Crippen molar-refractivity contribution in [1.82, 2.24) is 20.3 Å². The molecule has 2 unspecified atom stereocenters. The van der Waals surface area contributed by atoms with Crippen LogP contribution in [0.15, 0.2) is 6.20 Å². The summed E-state index contributed by atoms with van der Waals surface area (Å²) in [7, 11) is 1.81. The summed E-state index contributed by atoms with van der Waals surface area (Å²) < 4.78 is 0. The van der Waals surface area contributed by atoms with Crippen LogP contribution in [0.25, 0.3) is 0 Å². The summed E-state index contributed by atoms with van der Waals surface area (Å²) in [5.41, 5.74) is 0.390. The Morgan fingerprint density at radius 3 is 3.00 bits per heavy atom. The van der Waals surface area contributed by atoms with Crippen LogP contribution in [0.2, 0.25) is 0 Å². The molecule has 1 saturated carbocycles. The Hall–Kier alpha value is -1.39. The van der Waals surface area contributed by atoms with Crippen LogP contribution < -0.4 is 0 Å². The zero-order chi connectivity index (χ0) is 10.1. The third-order valence-electron chi connectivity index (χ3n) is 2.77. The summed E-state index contributed by atoms with van der Waals surface area (Å²) in [4.78, 5) is 13.4. The number of nitrogens with one attached hydrogen (secondary N) is 1. The molecule has 1 aromatic rings. The normalized spacial score (nSPS) is 24.7. The summed E-state index contributed by atoms with van der Waals surface area (Å²) in [5.74, 6) is 1.39. The number of aromatic amines is 1. The van der Waals surface area contributed by atoms with E-state index in [1.54, 1.807) is 4.90 Å². The first-order chi connectivity index (χ1) is 6.68.